The Bertz CT molecular complexity index is 406. The maximum atomic E-state index is 9.59. The van der Waals surface area contributed by atoms with Crippen LogP contribution in [0.3, 0.4) is 0 Å². The largest absolute Gasteiger partial charge is 0.504 e. The van der Waals surface area contributed by atoms with Crippen LogP contribution in [0.2, 0.25) is 0 Å². The van der Waals surface area contributed by atoms with Crippen LogP contribution in [-0.4, -0.2) is 42.9 Å². The maximum Gasteiger partial charge on any atom is 0.160 e. The highest BCUT2D eigenvalue weighted by atomic mass is 16.5. The highest BCUT2D eigenvalue weighted by Gasteiger charge is 2.20. The molecule has 19 heavy (non-hydrogen) atoms. The fourth-order valence-corrected chi connectivity index (χ4v) is 2.61. The van der Waals surface area contributed by atoms with Crippen molar-refractivity contribution in [3.63, 3.8) is 0 Å². The lowest BCUT2D eigenvalue weighted by Crippen LogP contribution is -2.39. The number of phenolic OH excluding ortho intramolecular Hbond substituents is 1. The third kappa shape index (κ3) is 3.85. The topological polar surface area (TPSA) is 41.9 Å². The number of ether oxygens (including phenoxy) is 2. The van der Waals surface area contributed by atoms with Gasteiger partial charge in [-0.15, -0.1) is 0 Å². The summed E-state index contributed by atoms with van der Waals surface area (Å²) in [5.74, 6) is 0.730. The molecule has 1 atom stereocenters. The summed E-state index contributed by atoms with van der Waals surface area (Å²) < 4.78 is 10.8. The molecule has 0 saturated carbocycles. The van der Waals surface area contributed by atoms with E-state index in [-0.39, 0.29) is 5.75 Å². The van der Waals surface area contributed by atoms with E-state index in [4.69, 9.17) is 9.47 Å². The number of hydrogen-bond acceptors (Lipinski definition) is 4. The average molecular weight is 265 g/mol. The monoisotopic (exact) mass is 265 g/mol. The van der Waals surface area contributed by atoms with Crippen LogP contribution >= 0.6 is 0 Å². The number of hydrogen-bond donors (Lipinski definition) is 1. The molecule has 0 bridgehead atoms. The van der Waals surface area contributed by atoms with Gasteiger partial charge >= 0.3 is 0 Å². The third-order valence-electron chi connectivity index (χ3n) is 3.51. The van der Waals surface area contributed by atoms with Gasteiger partial charge < -0.3 is 14.6 Å². The molecule has 1 aliphatic heterocycles. The number of piperidine rings is 1. The van der Waals surface area contributed by atoms with Crippen molar-refractivity contribution in [3.8, 4) is 11.5 Å². The van der Waals surface area contributed by atoms with Crippen LogP contribution in [0, 0.1) is 0 Å². The van der Waals surface area contributed by atoms with Crippen molar-refractivity contribution in [2.75, 3.05) is 26.8 Å². The molecule has 1 N–H and O–H groups in total. The minimum Gasteiger partial charge on any atom is -0.504 e. The zero-order valence-electron chi connectivity index (χ0n) is 11.8. The zero-order chi connectivity index (χ0) is 13.7. The summed E-state index contributed by atoms with van der Waals surface area (Å²) in [7, 11) is 1.57. The molecule has 1 saturated heterocycles. The van der Waals surface area contributed by atoms with Gasteiger partial charge in [0.1, 0.15) is 0 Å². The Morgan fingerprint density at radius 1 is 1.42 bits per heavy atom. The molecular formula is C15H23NO3. The predicted molar refractivity (Wildman–Crippen MR) is 74.6 cm³/mol. The number of rotatable bonds is 5. The van der Waals surface area contributed by atoms with Gasteiger partial charge in [-0.2, -0.15) is 0 Å². The molecule has 4 nitrogen and oxygen atoms in total. The van der Waals surface area contributed by atoms with E-state index in [9.17, 15) is 5.11 Å². The number of likely N-dealkylation sites (tertiary alicyclic amines) is 1. The third-order valence-corrected chi connectivity index (χ3v) is 3.51. The zero-order valence-corrected chi connectivity index (χ0v) is 11.8. The van der Waals surface area contributed by atoms with Gasteiger partial charge in [-0.3, -0.25) is 4.90 Å². The molecule has 1 aromatic carbocycles. The van der Waals surface area contributed by atoms with Crippen LogP contribution in [0.25, 0.3) is 0 Å². The summed E-state index contributed by atoms with van der Waals surface area (Å²) in [5.41, 5.74) is 1.16. The van der Waals surface area contributed by atoms with Gasteiger partial charge in [0.25, 0.3) is 0 Å². The van der Waals surface area contributed by atoms with E-state index >= 15 is 0 Å². The van der Waals surface area contributed by atoms with Gasteiger partial charge in [-0.05, 0) is 44.0 Å². The molecule has 0 radical (unpaired) electrons. The van der Waals surface area contributed by atoms with Gasteiger partial charge in [0.05, 0.1) is 13.2 Å². The Hall–Kier alpha value is -1.26. The van der Waals surface area contributed by atoms with Gasteiger partial charge in [0.2, 0.25) is 0 Å². The van der Waals surface area contributed by atoms with Crippen LogP contribution in [0.1, 0.15) is 25.3 Å². The van der Waals surface area contributed by atoms with Crippen molar-refractivity contribution in [3.05, 3.63) is 23.8 Å². The van der Waals surface area contributed by atoms with Gasteiger partial charge in [0, 0.05) is 19.7 Å². The second-order valence-electron chi connectivity index (χ2n) is 4.96. The fraction of sp³-hybridized carbons (Fsp3) is 0.600. The molecule has 2 rings (SSSR count). The van der Waals surface area contributed by atoms with Crippen molar-refractivity contribution in [1.82, 2.24) is 4.90 Å². The van der Waals surface area contributed by atoms with Crippen molar-refractivity contribution in [2.45, 2.75) is 32.4 Å². The summed E-state index contributed by atoms with van der Waals surface area (Å²) in [5, 5.41) is 9.59. The molecule has 1 aliphatic rings. The summed E-state index contributed by atoms with van der Waals surface area (Å²) in [6.07, 6.45) is 2.70. The van der Waals surface area contributed by atoms with Crippen molar-refractivity contribution in [1.29, 1.82) is 0 Å². The lowest BCUT2D eigenvalue weighted by atomic mass is 10.1. The molecule has 1 fully saturated rings. The van der Waals surface area contributed by atoms with Crippen LogP contribution < -0.4 is 4.74 Å². The standard InChI is InChI=1S/C15H23NO3/c1-3-19-13-5-4-8-16(11-13)10-12-6-7-14(17)15(9-12)18-2/h6-7,9,13,17H,3-5,8,10-11H2,1-2H3. The van der Waals surface area contributed by atoms with Gasteiger partial charge in [0.15, 0.2) is 11.5 Å². The van der Waals surface area contributed by atoms with Crippen LogP contribution in [0.4, 0.5) is 0 Å². The van der Waals surface area contributed by atoms with Gasteiger partial charge in [-0.1, -0.05) is 6.07 Å². The lowest BCUT2D eigenvalue weighted by molar-refractivity contribution is 0.00362. The number of phenols is 1. The number of methoxy groups -OCH3 is 1. The minimum absolute atomic E-state index is 0.192. The Balaban J connectivity index is 1.96. The van der Waals surface area contributed by atoms with Crippen LogP contribution in [0.15, 0.2) is 18.2 Å². The Kier molecular flexibility index (Phi) is 5.05. The molecular weight excluding hydrogens is 242 g/mol. The SMILES string of the molecule is CCOC1CCCN(Cc2ccc(O)c(OC)c2)C1. The summed E-state index contributed by atoms with van der Waals surface area (Å²) in [6, 6.07) is 5.54. The average Bonchev–Trinajstić information content (AvgIpc) is 2.42. The predicted octanol–water partition coefficient (Wildman–Crippen LogP) is 2.40. The summed E-state index contributed by atoms with van der Waals surface area (Å²) >= 11 is 0. The fourth-order valence-electron chi connectivity index (χ4n) is 2.61. The molecule has 4 heteroatoms. The molecule has 1 heterocycles. The van der Waals surface area contributed by atoms with Crippen LogP contribution in [0.5, 0.6) is 11.5 Å². The Morgan fingerprint density at radius 3 is 3.00 bits per heavy atom. The number of benzene rings is 1. The highest BCUT2D eigenvalue weighted by molar-refractivity contribution is 5.41. The summed E-state index contributed by atoms with van der Waals surface area (Å²) in [6.45, 7) is 5.79. The van der Waals surface area contributed by atoms with Crippen molar-refractivity contribution >= 4 is 0 Å². The molecule has 1 aromatic rings. The first-order valence-electron chi connectivity index (χ1n) is 6.92. The minimum atomic E-state index is 0.192. The van der Waals surface area contributed by atoms with E-state index in [1.807, 2.05) is 19.1 Å². The van der Waals surface area contributed by atoms with E-state index in [1.165, 1.54) is 6.42 Å². The Morgan fingerprint density at radius 2 is 2.26 bits per heavy atom. The molecule has 0 aliphatic carbocycles. The van der Waals surface area contributed by atoms with E-state index in [1.54, 1.807) is 13.2 Å². The first-order chi connectivity index (χ1) is 9.22. The molecule has 106 valence electrons. The van der Waals surface area contributed by atoms with Gasteiger partial charge in [-0.25, -0.2) is 0 Å². The second kappa shape index (κ2) is 6.78. The molecule has 0 amide bonds. The number of nitrogens with zero attached hydrogens (tertiary/aromatic N) is 1. The second-order valence-corrected chi connectivity index (χ2v) is 4.96. The quantitative estimate of drug-likeness (QED) is 0.887. The van der Waals surface area contributed by atoms with E-state index in [2.05, 4.69) is 4.90 Å². The highest BCUT2D eigenvalue weighted by Crippen LogP contribution is 2.27. The van der Waals surface area contributed by atoms with Crippen molar-refractivity contribution in [2.24, 2.45) is 0 Å². The molecule has 0 aromatic heterocycles. The van der Waals surface area contributed by atoms with E-state index in [0.717, 1.165) is 38.2 Å². The molecule has 0 spiro atoms. The first-order valence-corrected chi connectivity index (χ1v) is 6.92. The van der Waals surface area contributed by atoms with E-state index < -0.39 is 0 Å². The van der Waals surface area contributed by atoms with E-state index in [0.29, 0.717) is 11.9 Å². The lowest BCUT2D eigenvalue weighted by Gasteiger charge is -2.32. The van der Waals surface area contributed by atoms with Crippen LogP contribution in [-0.2, 0) is 11.3 Å². The smallest absolute Gasteiger partial charge is 0.160 e. The van der Waals surface area contributed by atoms with Crippen molar-refractivity contribution < 1.29 is 14.6 Å². The maximum absolute atomic E-state index is 9.59. The number of aromatic hydroxyl groups is 1. The summed E-state index contributed by atoms with van der Waals surface area (Å²) in [4.78, 5) is 2.40. The Labute approximate surface area is 114 Å². The normalized spacial score (nSPS) is 20.4. The first kappa shape index (κ1) is 14.2. The molecule has 1 unspecified atom stereocenters.